The van der Waals surface area contributed by atoms with Gasteiger partial charge in [-0.2, -0.15) is 5.10 Å². The first-order chi connectivity index (χ1) is 12.6. The number of rotatable bonds is 5. The first-order valence-electron chi connectivity index (χ1n) is 8.42. The highest BCUT2D eigenvalue weighted by Crippen LogP contribution is 2.22. The second-order valence-corrected chi connectivity index (χ2v) is 6.05. The van der Waals surface area contributed by atoms with E-state index in [1.165, 1.54) is 0 Å². The minimum Gasteiger partial charge on any atom is -0.345 e. The Morgan fingerprint density at radius 1 is 0.885 bits per heavy atom. The molecule has 0 spiro atoms. The summed E-state index contributed by atoms with van der Waals surface area (Å²) in [6.07, 6.45) is 1.64. The van der Waals surface area contributed by atoms with E-state index < -0.39 is 0 Å². The van der Waals surface area contributed by atoms with Crippen LogP contribution in [0.4, 0.5) is 11.4 Å². The second kappa shape index (κ2) is 8.12. The lowest BCUT2D eigenvalue weighted by molar-refractivity contribution is 0.0955. The summed E-state index contributed by atoms with van der Waals surface area (Å²) < 4.78 is 0. The molecule has 0 saturated heterocycles. The number of anilines is 2. The number of aryl methyl sites for hydroxylation is 1. The quantitative estimate of drug-likeness (QED) is 0.546. The predicted octanol–water partition coefficient (Wildman–Crippen LogP) is 4.53. The lowest BCUT2D eigenvalue weighted by Crippen LogP contribution is -2.17. The molecule has 3 rings (SSSR count). The van der Waals surface area contributed by atoms with E-state index in [0.29, 0.717) is 5.56 Å². The van der Waals surface area contributed by atoms with Crippen molar-refractivity contribution in [1.82, 2.24) is 5.43 Å². The normalized spacial score (nSPS) is 10.7. The molecule has 0 atom stereocenters. The van der Waals surface area contributed by atoms with Gasteiger partial charge in [0.2, 0.25) is 0 Å². The summed E-state index contributed by atoms with van der Waals surface area (Å²) >= 11 is 0. The Balaban J connectivity index is 1.61. The Hall–Kier alpha value is -3.40. The third kappa shape index (κ3) is 4.36. The van der Waals surface area contributed by atoms with Crippen LogP contribution in [0.25, 0.3) is 0 Å². The average Bonchev–Trinajstić information content (AvgIpc) is 2.69. The summed E-state index contributed by atoms with van der Waals surface area (Å²) in [6.45, 7) is 1.98. The lowest BCUT2D eigenvalue weighted by Gasteiger charge is -2.19. The highest BCUT2D eigenvalue weighted by Gasteiger charge is 2.04. The van der Waals surface area contributed by atoms with Gasteiger partial charge in [0, 0.05) is 24.0 Å². The maximum absolute atomic E-state index is 12.0. The van der Waals surface area contributed by atoms with Crippen molar-refractivity contribution >= 4 is 23.5 Å². The van der Waals surface area contributed by atoms with E-state index in [-0.39, 0.29) is 5.91 Å². The molecule has 0 radical (unpaired) electrons. The summed E-state index contributed by atoms with van der Waals surface area (Å²) in [5, 5.41) is 4.03. The highest BCUT2D eigenvalue weighted by atomic mass is 16.2. The van der Waals surface area contributed by atoms with Crippen LogP contribution in [-0.4, -0.2) is 19.2 Å². The molecule has 26 heavy (non-hydrogen) atoms. The van der Waals surface area contributed by atoms with Crippen LogP contribution in [0.15, 0.2) is 84.0 Å². The number of nitrogens with zero attached hydrogens (tertiary/aromatic N) is 2. The van der Waals surface area contributed by atoms with E-state index in [1.807, 2.05) is 68.6 Å². The predicted molar refractivity (Wildman–Crippen MR) is 107 cm³/mol. The van der Waals surface area contributed by atoms with Gasteiger partial charge < -0.3 is 4.90 Å². The van der Waals surface area contributed by atoms with Gasteiger partial charge in [0.05, 0.1) is 6.21 Å². The average molecular weight is 343 g/mol. The third-order valence-corrected chi connectivity index (χ3v) is 4.12. The lowest BCUT2D eigenvalue weighted by atomic mass is 10.1. The Kier molecular flexibility index (Phi) is 5.44. The molecule has 4 nitrogen and oxygen atoms in total. The van der Waals surface area contributed by atoms with E-state index in [1.54, 1.807) is 18.3 Å². The Morgan fingerprint density at radius 3 is 2.15 bits per heavy atom. The first-order valence-corrected chi connectivity index (χ1v) is 8.42. The van der Waals surface area contributed by atoms with E-state index >= 15 is 0 Å². The van der Waals surface area contributed by atoms with Gasteiger partial charge in [0.15, 0.2) is 0 Å². The molecule has 1 N–H and O–H groups in total. The largest absolute Gasteiger partial charge is 0.345 e. The molecule has 0 bridgehead atoms. The minimum absolute atomic E-state index is 0.221. The summed E-state index contributed by atoms with van der Waals surface area (Å²) in [7, 11) is 2.03. The molecule has 3 aromatic carbocycles. The molecule has 0 aliphatic heterocycles. The highest BCUT2D eigenvalue weighted by molar-refractivity contribution is 5.94. The van der Waals surface area contributed by atoms with Gasteiger partial charge in [-0.15, -0.1) is 0 Å². The number of carbonyl (C=O) groups is 1. The molecular formula is C22H21N3O. The molecule has 0 saturated carbocycles. The number of amides is 1. The standard InChI is InChI=1S/C22H21N3O/c1-17-8-12-19(13-9-17)22(26)24-23-16-18-10-14-21(15-11-18)25(2)20-6-4-3-5-7-20/h3-16H,1-2H3,(H,24,26). The molecular weight excluding hydrogens is 322 g/mol. The Morgan fingerprint density at radius 2 is 1.50 bits per heavy atom. The zero-order chi connectivity index (χ0) is 18.4. The monoisotopic (exact) mass is 343 g/mol. The summed E-state index contributed by atoms with van der Waals surface area (Å²) in [4.78, 5) is 14.1. The van der Waals surface area contributed by atoms with Crippen LogP contribution >= 0.6 is 0 Å². The van der Waals surface area contributed by atoms with Gasteiger partial charge in [-0.25, -0.2) is 5.43 Å². The van der Waals surface area contributed by atoms with E-state index in [0.717, 1.165) is 22.5 Å². The number of nitrogens with one attached hydrogen (secondary N) is 1. The van der Waals surface area contributed by atoms with Crippen LogP contribution in [0.5, 0.6) is 0 Å². The van der Waals surface area contributed by atoms with Crippen LogP contribution in [0.2, 0.25) is 0 Å². The van der Waals surface area contributed by atoms with Gasteiger partial charge in [0.25, 0.3) is 5.91 Å². The molecule has 130 valence electrons. The molecule has 0 unspecified atom stereocenters. The first kappa shape index (κ1) is 17.4. The fraction of sp³-hybridized carbons (Fsp3) is 0.0909. The minimum atomic E-state index is -0.221. The molecule has 0 fully saturated rings. The summed E-state index contributed by atoms with van der Waals surface area (Å²) in [5.41, 5.74) is 7.38. The number of hydrogen-bond donors (Lipinski definition) is 1. The van der Waals surface area contributed by atoms with Gasteiger partial charge in [-0.3, -0.25) is 4.79 Å². The van der Waals surface area contributed by atoms with Crippen molar-refractivity contribution in [3.05, 3.63) is 95.6 Å². The van der Waals surface area contributed by atoms with Crippen molar-refractivity contribution in [2.24, 2.45) is 5.10 Å². The van der Waals surface area contributed by atoms with E-state index in [2.05, 4.69) is 27.6 Å². The topological polar surface area (TPSA) is 44.7 Å². The van der Waals surface area contributed by atoms with Crippen LogP contribution in [0.3, 0.4) is 0 Å². The number of hydrazone groups is 1. The second-order valence-electron chi connectivity index (χ2n) is 6.05. The van der Waals surface area contributed by atoms with Gasteiger partial charge in [-0.05, 0) is 48.9 Å². The number of hydrogen-bond acceptors (Lipinski definition) is 3. The summed E-state index contributed by atoms with van der Waals surface area (Å²) in [5.74, 6) is -0.221. The van der Waals surface area contributed by atoms with Gasteiger partial charge in [0.1, 0.15) is 0 Å². The number of benzene rings is 3. The maximum atomic E-state index is 12.0. The van der Waals surface area contributed by atoms with Crippen LogP contribution in [0.1, 0.15) is 21.5 Å². The fourth-order valence-corrected chi connectivity index (χ4v) is 2.52. The maximum Gasteiger partial charge on any atom is 0.271 e. The zero-order valence-electron chi connectivity index (χ0n) is 14.9. The van der Waals surface area contributed by atoms with Crippen molar-refractivity contribution in [2.45, 2.75) is 6.92 Å². The van der Waals surface area contributed by atoms with Crippen molar-refractivity contribution in [3.63, 3.8) is 0 Å². The van der Waals surface area contributed by atoms with Crippen molar-refractivity contribution in [1.29, 1.82) is 0 Å². The van der Waals surface area contributed by atoms with Crippen molar-refractivity contribution in [2.75, 3.05) is 11.9 Å². The zero-order valence-corrected chi connectivity index (χ0v) is 14.9. The van der Waals surface area contributed by atoms with Gasteiger partial charge >= 0.3 is 0 Å². The third-order valence-electron chi connectivity index (χ3n) is 4.12. The summed E-state index contributed by atoms with van der Waals surface area (Å²) in [6, 6.07) is 25.5. The molecule has 0 aromatic heterocycles. The Bertz CT molecular complexity index is 885. The molecule has 3 aromatic rings. The van der Waals surface area contributed by atoms with Gasteiger partial charge in [-0.1, -0.05) is 48.0 Å². The SMILES string of the molecule is Cc1ccc(C(=O)NN=Cc2ccc(N(C)c3ccccc3)cc2)cc1. The van der Waals surface area contributed by atoms with Crippen LogP contribution in [-0.2, 0) is 0 Å². The molecule has 0 aliphatic carbocycles. The smallest absolute Gasteiger partial charge is 0.271 e. The molecule has 0 aliphatic rings. The Labute approximate surface area is 153 Å². The number of para-hydroxylation sites is 1. The van der Waals surface area contributed by atoms with Crippen molar-refractivity contribution < 1.29 is 4.79 Å². The fourth-order valence-electron chi connectivity index (χ4n) is 2.52. The van der Waals surface area contributed by atoms with E-state index in [9.17, 15) is 4.79 Å². The van der Waals surface area contributed by atoms with Crippen molar-refractivity contribution in [3.8, 4) is 0 Å². The van der Waals surface area contributed by atoms with E-state index in [4.69, 9.17) is 0 Å². The molecule has 1 amide bonds. The molecule has 0 heterocycles. The van der Waals surface area contributed by atoms with Crippen LogP contribution in [0, 0.1) is 6.92 Å². The number of carbonyl (C=O) groups excluding carboxylic acids is 1. The molecule has 4 heteroatoms. The van der Waals surface area contributed by atoms with Crippen LogP contribution < -0.4 is 10.3 Å².